The average molecular weight is 487 g/mol. The van der Waals surface area contributed by atoms with Crippen molar-refractivity contribution in [2.24, 2.45) is 5.10 Å². The first kappa shape index (κ1) is 23.4. The molecular formula is C30H22N4O3. The Bertz CT molecular complexity index is 1500. The molecule has 0 radical (unpaired) electrons. The van der Waals surface area contributed by atoms with Gasteiger partial charge < -0.3 is 4.57 Å². The second-order valence-corrected chi connectivity index (χ2v) is 8.27. The molecule has 0 bridgehead atoms. The van der Waals surface area contributed by atoms with Crippen molar-refractivity contribution < 1.29 is 9.72 Å². The van der Waals surface area contributed by atoms with Crippen molar-refractivity contribution in [3.63, 3.8) is 0 Å². The summed E-state index contributed by atoms with van der Waals surface area (Å²) in [5, 5.41) is 14.7. The fourth-order valence-electron chi connectivity index (χ4n) is 4.06. The molecule has 5 rings (SSSR count). The Kier molecular flexibility index (Phi) is 6.67. The van der Waals surface area contributed by atoms with Gasteiger partial charge in [-0.05, 0) is 65.2 Å². The van der Waals surface area contributed by atoms with Crippen LogP contribution in [0.4, 0.5) is 5.69 Å². The van der Waals surface area contributed by atoms with Crippen LogP contribution in [-0.2, 0) is 0 Å². The molecule has 1 N–H and O–H groups in total. The number of nitro benzene ring substituents is 1. The highest BCUT2D eigenvalue weighted by Gasteiger charge is 2.14. The van der Waals surface area contributed by atoms with E-state index < -0.39 is 4.92 Å². The number of benzene rings is 4. The van der Waals surface area contributed by atoms with Gasteiger partial charge in [-0.2, -0.15) is 5.10 Å². The lowest BCUT2D eigenvalue weighted by Crippen LogP contribution is -2.17. The molecule has 0 spiro atoms. The zero-order chi connectivity index (χ0) is 25.6. The van der Waals surface area contributed by atoms with Crippen molar-refractivity contribution in [3.8, 4) is 28.2 Å². The molecule has 0 unspecified atom stereocenters. The van der Waals surface area contributed by atoms with Gasteiger partial charge in [-0.3, -0.25) is 14.9 Å². The Morgan fingerprint density at radius 1 is 0.730 bits per heavy atom. The normalized spacial score (nSPS) is 10.9. The third-order valence-corrected chi connectivity index (χ3v) is 5.89. The first-order valence-corrected chi connectivity index (χ1v) is 11.6. The molecule has 0 aliphatic carbocycles. The topological polar surface area (TPSA) is 89.5 Å². The van der Waals surface area contributed by atoms with Crippen LogP contribution < -0.4 is 5.43 Å². The molecule has 1 heterocycles. The van der Waals surface area contributed by atoms with Crippen LogP contribution in [0.2, 0.25) is 0 Å². The summed E-state index contributed by atoms with van der Waals surface area (Å²) in [5.74, 6) is -0.358. The molecule has 0 aliphatic rings. The predicted molar refractivity (Wildman–Crippen MR) is 145 cm³/mol. The fourth-order valence-corrected chi connectivity index (χ4v) is 4.06. The SMILES string of the molecule is O=C(NN=Cc1ccc([N+](=O)[O-])cc1)c1ccc(-n2c(-c3ccccc3)ccc2-c2ccccc2)cc1. The molecule has 0 saturated heterocycles. The second-order valence-electron chi connectivity index (χ2n) is 8.27. The highest BCUT2D eigenvalue weighted by molar-refractivity contribution is 5.95. The third kappa shape index (κ3) is 5.21. The van der Waals surface area contributed by atoms with Gasteiger partial charge in [-0.1, -0.05) is 60.7 Å². The summed E-state index contributed by atoms with van der Waals surface area (Å²) < 4.78 is 2.18. The molecule has 180 valence electrons. The molecule has 37 heavy (non-hydrogen) atoms. The van der Waals surface area contributed by atoms with E-state index in [0.29, 0.717) is 11.1 Å². The van der Waals surface area contributed by atoms with Gasteiger partial charge >= 0.3 is 0 Å². The molecule has 0 atom stereocenters. The number of aromatic nitrogens is 1. The van der Waals surface area contributed by atoms with Crippen molar-refractivity contribution in [1.82, 2.24) is 9.99 Å². The van der Waals surface area contributed by atoms with Crippen molar-refractivity contribution in [3.05, 3.63) is 143 Å². The van der Waals surface area contributed by atoms with E-state index in [1.54, 1.807) is 24.3 Å². The monoisotopic (exact) mass is 486 g/mol. The summed E-state index contributed by atoms with van der Waals surface area (Å²) >= 11 is 0. The van der Waals surface area contributed by atoms with Gasteiger partial charge in [0.25, 0.3) is 11.6 Å². The van der Waals surface area contributed by atoms with Gasteiger partial charge in [-0.15, -0.1) is 0 Å². The molecule has 0 aliphatic heterocycles. The Balaban J connectivity index is 1.39. The van der Waals surface area contributed by atoms with Crippen molar-refractivity contribution in [1.29, 1.82) is 0 Å². The van der Waals surface area contributed by atoms with Crippen LogP contribution in [0.25, 0.3) is 28.2 Å². The Morgan fingerprint density at radius 3 is 1.78 bits per heavy atom. The molecule has 4 aromatic carbocycles. The van der Waals surface area contributed by atoms with Crippen LogP contribution in [-0.4, -0.2) is 21.6 Å². The van der Waals surface area contributed by atoms with Gasteiger partial charge in [0.1, 0.15) is 0 Å². The van der Waals surface area contributed by atoms with Crippen LogP contribution in [0.1, 0.15) is 15.9 Å². The minimum Gasteiger partial charge on any atom is -0.309 e. The quantitative estimate of drug-likeness (QED) is 0.162. The number of hydrogen-bond donors (Lipinski definition) is 1. The predicted octanol–water partition coefficient (Wildman–Crippen LogP) is 6.48. The van der Waals surface area contributed by atoms with Crippen LogP contribution in [0.5, 0.6) is 0 Å². The fraction of sp³-hybridized carbons (Fsp3) is 0. The third-order valence-electron chi connectivity index (χ3n) is 5.89. The van der Waals surface area contributed by atoms with E-state index >= 15 is 0 Å². The largest absolute Gasteiger partial charge is 0.309 e. The van der Waals surface area contributed by atoms with E-state index in [4.69, 9.17) is 0 Å². The number of amides is 1. The second kappa shape index (κ2) is 10.5. The lowest BCUT2D eigenvalue weighted by Gasteiger charge is -2.15. The minimum absolute atomic E-state index is 0.00480. The van der Waals surface area contributed by atoms with Crippen molar-refractivity contribution in [2.75, 3.05) is 0 Å². The highest BCUT2D eigenvalue weighted by atomic mass is 16.6. The molecular weight excluding hydrogens is 464 g/mol. The van der Waals surface area contributed by atoms with Gasteiger partial charge in [-0.25, -0.2) is 5.43 Å². The minimum atomic E-state index is -0.467. The maximum Gasteiger partial charge on any atom is 0.271 e. The number of non-ortho nitro benzene ring substituents is 1. The summed E-state index contributed by atoms with van der Waals surface area (Å²) in [6.07, 6.45) is 1.44. The lowest BCUT2D eigenvalue weighted by molar-refractivity contribution is -0.384. The number of nitro groups is 1. The molecule has 7 heteroatoms. The van der Waals surface area contributed by atoms with Crippen molar-refractivity contribution in [2.45, 2.75) is 0 Å². The number of nitrogens with zero attached hydrogens (tertiary/aromatic N) is 3. The molecule has 7 nitrogen and oxygen atoms in total. The van der Waals surface area contributed by atoms with Gasteiger partial charge in [0.2, 0.25) is 0 Å². The summed E-state index contributed by atoms with van der Waals surface area (Å²) in [5.41, 5.74) is 8.79. The summed E-state index contributed by atoms with van der Waals surface area (Å²) in [7, 11) is 0. The summed E-state index contributed by atoms with van der Waals surface area (Å²) in [6, 6.07) is 37.8. The number of hydrogen-bond acceptors (Lipinski definition) is 4. The van der Waals surface area contributed by atoms with E-state index in [1.165, 1.54) is 18.3 Å². The van der Waals surface area contributed by atoms with Crippen molar-refractivity contribution >= 4 is 17.8 Å². The Hall–Kier alpha value is -5.30. The van der Waals surface area contributed by atoms with Crippen LogP contribution in [0.3, 0.4) is 0 Å². The van der Waals surface area contributed by atoms with Gasteiger partial charge in [0.05, 0.1) is 22.5 Å². The van der Waals surface area contributed by atoms with Gasteiger partial charge in [0.15, 0.2) is 0 Å². The number of carbonyl (C=O) groups excluding carboxylic acids is 1. The maximum absolute atomic E-state index is 12.6. The van der Waals surface area contributed by atoms with Crippen LogP contribution in [0.15, 0.2) is 126 Å². The average Bonchev–Trinajstić information content (AvgIpc) is 3.40. The molecule has 0 saturated carbocycles. The number of carbonyl (C=O) groups is 1. The number of rotatable bonds is 7. The first-order valence-electron chi connectivity index (χ1n) is 11.6. The van der Waals surface area contributed by atoms with E-state index in [2.05, 4.69) is 51.5 Å². The first-order chi connectivity index (χ1) is 18.1. The van der Waals surface area contributed by atoms with Gasteiger partial charge in [0, 0.05) is 23.4 Å². The molecule has 0 fully saturated rings. The highest BCUT2D eigenvalue weighted by Crippen LogP contribution is 2.32. The smallest absolute Gasteiger partial charge is 0.271 e. The summed E-state index contributed by atoms with van der Waals surface area (Å²) in [4.78, 5) is 22.9. The zero-order valence-electron chi connectivity index (χ0n) is 19.7. The standard InChI is InChI=1S/C30H22N4O3/c35-30(32-31-21-22-11-15-27(16-12-22)34(36)37)25-13-17-26(18-14-25)33-28(23-7-3-1-4-8-23)19-20-29(33)24-9-5-2-6-10-24/h1-21H,(H,32,35). The number of nitrogens with one attached hydrogen (secondary N) is 1. The summed E-state index contributed by atoms with van der Waals surface area (Å²) in [6.45, 7) is 0. The molecule has 1 aromatic heterocycles. The molecule has 1 amide bonds. The van der Waals surface area contributed by atoms with Crippen LogP contribution >= 0.6 is 0 Å². The maximum atomic E-state index is 12.6. The zero-order valence-corrected chi connectivity index (χ0v) is 19.7. The Labute approximate surface area is 213 Å². The van der Waals surface area contributed by atoms with Crippen LogP contribution in [0, 0.1) is 10.1 Å². The van der Waals surface area contributed by atoms with E-state index in [1.807, 2.05) is 48.5 Å². The lowest BCUT2D eigenvalue weighted by atomic mass is 10.1. The van der Waals surface area contributed by atoms with E-state index in [0.717, 1.165) is 28.2 Å². The Morgan fingerprint density at radius 2 is 1.27 bits per heavy atom. The number of hydrazone groups is 1. The van der Waals surface area contributed by atoms with E-state index in [-0.39, 0.29) is 11.6 Å². The van der Waals surface area contributed by atoms with E-state index in [9.17, 15) is 14.9 Å². The molecule has 5 aromatic rings.